The summed E-state index contributed by atoms with van der Waals surface area (Å²) in [6, 6.07) is 12.7. The highest BCUT2D eigenvalue weighted by Gasteiger charge is 2.11. The van der Waals surface area contributed by atoms with Crippen LogP contribution in [-0.2, 0) is 6.42 Å². The third kappa shape index (κ3) is 2.64. The molecule has 0 saturated heterocycles. The first-order valence-electron chi connectivity index (χ1n) is 5.30. The summed E-state index contributed by atoms with van der Waals surface area (Å²) in [5, 5.41) is 0. The largest absolute Gasteiger partial charge is 0.320 e. The van der Waals surface area contributed by atoms with Crippen molar-refractivity contribution in [3.05, 3.63) is 55.3 Å². The zero-order valence-electron chi connectivity index (χ0n) is 9.11. The van der Waals surface area contributed by atoms with Crippen LogP contribution < -0.4 is 5.73 Å². The SMILES string of the molecule is CCc1ccc(C(N)c2cccc(I)c2)s1. The van der Waals surface area contributed by atoms with Crippen molar-refractivity contribution in [2.75, 3.05) is 0 Å². The zero-order valence-corrected chi connectivity index (χ0v) is 12.1. The van der Waals surface area contributed by atoms with Crippen LogP contribution in [0.2, 0.25) is 0 Å². The van der Waals surface area contributed by atoms with Crippen molar-refractivity contribution in [1.29, 1.82) is 0 Å². The highest BCUT2D eigenvalue weighted by atomic mass is 127. The monoisotopic (exact) mass is 343 g/mol. The van der Waals surface area contributed by atoms with Gasteiger partial charge < -0.3 is 5.73 Å². The molecule has 1 nitrogen and oxygen atoms in total. The Morgan fingerprint density at radius 2 is 2.12 bits per heavy atom. The molecule has 1 aromatic heterocycles. The molecule has 0 radical (unpaired) electrons. The van der Waals surface area contributed by atoms with Crippen LogP contribution in [0.4, 0.5) is 0 Å². The van der Waals surface area contributed by atoms with Gasteiger partial charge >= 0.3 is 0 Å². The highest BCUT2D eigenvalue weighted by molar-refractivity contribution is 14.1. The van der Waals surface area contributed by atoms with Crippen molar-refractivity contribution < 1.29 is 0 Å². The molecular formula is C13H14INS. The van der Waals surface area contributed by atoms with E-state index < -0.39 is 0 Å². The van der Waals surface area contributed by atoms with Gasteiger partial charge in [-0.15, -0.1) is 11.3 Å². The van der Waals surface area contributed by atoms with Crippen LogP contribution in [-0.4, -0.2) is 0 Å². The van der Waals surface area contributed by atoms with E-state index in [-0.39, 0.29) is 6.04 Å². The molecule has 0 bridgehead atoms. The molecular weight excluding hydrogens is 329 g/mol. The predicted molar refractivity (Wildman–Crippen MR) is 78.9 cm³/mol. The van der Waals surface area contributed by atoms with Crippen molar-refractivity contribution in [2.24, 2.45) is 5.73 Å². The molecule has 1 heterocycles. The van der Waals surface area contributed by atoms with Gasteiger partial charge in [0.1, 0.15) is 0 Å². The van der Waals surface area contributed by atoms with Crippen LogP contribution in [0.3, 0.4) is 0 Å². The van der Waals surface area contributed by atoms with Crippen LogP contribution in [0.5, 0.6) is 0 Å². The number of aryl methyl sites for hydroxylation is 1. The summed E-state index contributed by atoms with van der Waals surface area (Å²) < 4.78 is 1.23. The van der Waals surface area contributed by atoms with E-state index in [9.17, 15) is 0 Å². The Morgan fingerprint density at radius 3 is 2.75 bits per heavy atom. The Bertz CT molecular complexity index is 478. The molecule has 3 heteroatoms. The van der Waals surface area contributed by atoms with E-state index in [0.29, 0.717) is 0 Å². The number of halogens is 1. The van der Waals surface area contributed by atoms with Crippen LogP contribution in [0.1, 0.15) is 28.3 Å². The molecule has 0 aliphatic rings. The van der Waals surface area contributed by atoms with Gasteiger partial charge in [-0.05, 0) is 58.8 Å². The molecule has 16 heavy (non-hydrogen) atoms. The van der Waals surface area contributed by atoms with Crippen LogP contribution >= 0.6 is 33.9 Å². The van der Waals surface area contributed by atoms with Crippen molar-refractivity contribution in [3.8, 4) is 0 Å². The number of hydrogen-bond donors (Lipinski definition) is 1. The Morgan fingerprint density at radius 1 is 1.31 bits per heavy atom. The third-order valence-electron chi connectivity index (χ3n) is 2.55. The van der Waals surface area contributed by atoms with E-state index in [1.54, 1.807) is 0 Å². The molecule has 84 valence electrons. The maximum Gasteiger partial charge on any atom is 0.0646 e. The van der Waals surface area contributed by atoms with Gasteiger partial charge in [0.25, 0.3) is 0 Å². The smallest absolute Gasteiger partial charge is 0.0646 e. The zero-order chi connectivity index (χ0) is 11.5. The Kier molecular flexibility index (Phi) is 4.00. The molecule has 1 aromatic carbocycles. The van der Waals surface area contributed by atoms with Crippen molar-refractivity contribution >= 4 is 33.9 Å². The second kappa shape index (κ2) is 5.29. The number of benzene rings is 1. The maximum atomic E-state index is 6.26. The van der Waals surface area contributed by atoms with Crippen LogP contribution in [0, 0.1) is 3.57 Å². The summed E-state index contributed by atoms with van der Waals surface area (Å²) >= 11 is 4.13. The Balaban J connectivity index is 2.27. The van der Waals surface area contributed by atoms with Crippen molar-refractivity contribution in [2.45, 2.75) is 19.4 Å². The molecule has 1 atom stereocenters. The third-order valence-corrected chi connectivity index (χ3v) is 4.53. The van der Waals surface area contributed by atoms with Crippen LogP contribution in [0.25, 0.3) is 0 Å². The summed E-state index contributed by atoms with van der Waals surface area (Å²) in [6.07, 6.45) is 1.09. The fraction of sp³-hybridized carbons (Fsp3) is 0.231. The minimum absolute atomic E-state index is 0.0139. The summed E-state index contributed by atoms with van der Waals surface area (Å²) in [4.78, 5) is 2.65. The first-order valence-corrected chi connectivity index (χ1v) is 7.20. The molecule has 0 aliphatic heterocycles. The lowest BCUT2D eigenvalue weighted by atomic mass is 10.1. The molecule has 2 N–H and O–H groups in total. The molecule has 0 saturated carbocycles. The molecule has 0 amide bonds. The van der Waals surface area contributed by atoms with Gasteiger partial charge in [0.2, 0.25) is 0 Å². The topological polar surface area (TPSA) is 26.0 Å². The van der Waals surface area contributed by atoms with E-state index in [2.05, 4.69) is 65.9 Å². The highest BCUT2D eigenvalue weighted by Crippen LogP contribution is 2.27. The fourth-order valence-corrected chi connectivity index (χ4v) is 3.17. The molecule has 2 aromatic rings. The number of rotatable bonds is 3. The summed E-state index contributed by atoms with van der Waals surface area (Å²) in [5.74, 6) is 0. The van der Waals surface area contributed by atoms with Gasteiger partial charge in [-0.2, -0.15) is 0 Å². The lowest BCUT2D eigenvalue weighted by Gasteiger charge is -2.10. The molecule has 0 fully saturated rings. The Hall–Kier alpha value is -0.390. The maximum absolute atomic E-state index is 6.26. The first kappa shape index (κ1) is 12.1. The number of thiophene rings is 1. The summed E-state index contributed by atoms with van der Waals surface area (Å²) in [5.41, 5.74) is 7.45. The molecule has 0 spiro atoms. The molecule has 2 rings (SSSR count). The quantitative estimate of drug-likeness (QED) is 0.839. The van der Waals surface area contributed by atoms with Crippen LogP contribution in [0.15, 0.2) is 36.4 Å². The normalized spacial score (nSPS) is 12.7. The molecule has 0 aliphatic carbocycles. The van der Waals surface area contributed by atoms with E-state index in [1.165, 1.54) is 18.9 Å². The van der Waals surface area contributed by atoms with Gasteiger partial charge in [0.05, 0.1) is 6.04 Å². The summed E-state index contributed by atoms with van der Waals surface area (Å²) in [6.45, 7) is 2.17. The van der Waals surface area contributed by atoms with E-state index in [1.807, 2.05) is 11.3 Å². The van der Waals surface area contributed by atoms with E-state index in [0.717, 1.165) is 6.42 Å². The minimum atomic E-state index is 0.0139. The average Bonchev–Trinajstić information content (AvgIpc) is 2.76. The van der Waals surface area contributed by atoms with Crippen molar-refractivity contribution in [3.63, 3.8) is 0 Å². The lowest BCUT2D eigenvalue weighted by Crippen LogP contribution is -2.10. The second-order valence-corrected chi connectivity index (χ2v) is 6.14. The van der Waals surface area contributed by atoms with Gasteiger partial charge in [0, 0.05) is 13.3 Å². The average molecular weight is 343 g/mol. The van der Waals surface area contributed by atoms with Gasteiger partial charge in [0.15, 0.2) is 0 Å². The van der Waals surface area contributed by atoms with Crippen molar-refractivity contribution in [1.82, 2.24) is 0 Å². The fourth-order valence-electron chi connectivity index (χ4n) is 1.62. The number of nitrogens with two attached hydrogens (primary N) is 1. The van der Waals surface area contributed by atoms with Gasteiger partial charge in [-0.3, -0.25) is 0 Å². The predicted octanol–water partition coefficient (Wildman–Crippen LogP) is 3.96. The standard InChI is InChI=1S/C13H14INS/c1-2-11-6-7-12(16-11)13(15)9-4-3-5-10(14)8-9/h3-8,13H,2,15H2,1H3. The van der Waals surface area contributed by atoms with E-state index in [4.69, 9.17) is 5.73 Å². The van der Waals surface area contributed by atoms with E-state index >= 15 is 0 Å². The first-order chi connectivity index (χ1) is 7.70. The second-order valence-electron chi connectivity index (χ2n) is 3.69. The van der Waals surface area contributed by atoms with Gasteiger partial charge in [-0.1, -0.05) is 19.1 Å². The number of hydrogen-bond acceptors (Lipinski definition) is 2. The Labute approximate surface area is 114 Å². The summed E-state index contributed by atoms with van der Waals surface area (Å²) in [7, 11) is 0. The van der Waals surface area contributed by atoms with Gasteiger partial charge in [-0.25, -0.2) is 0 Å². The lowest BCUT2D eigenvalue weighted by molar-refractivity contribution is 0.892. The molecule has 1 unspecified atom stereocenters. The minimum Gasteiger partial charge on any atom is -0.320 e.